The maximum Gasteiger partial charge on any atom is 0.417 e. The molecular weight excluding hydrogens is 373 g/mol. The van der Waals surface area contributed by atoms with Crippen molar-refractivity contribution in [3.8, 4) is 6.07 Å². The molecule has 0 aliphatic carbocycles. The van der Waals surface area contributed by atoms with Gasteiger partial charge in [-0.3, -0.25) is 13.9 Å². The van der Waals surface area contributed by atoms with Gasteiger partial charge in [0.15, 0.2) is 0 Å². The molecule has 1 amide bonds. The van der Waals surface area contributed by atoms with E-state index in [1.807, 2.05) is 0 Å². The van der Waals surface area contributed by atoms with E-state index in [-0.39, 0.29) is 5.69 Å². The Kier molecular flexibility index (Phi) is 3.35. The van der Waals surface area contributed by atoms with E-state index in [2.05, 4.69) is 0 Å². The summed E-state index contributed by atoms with van der Waals surface area (Å²) in [5.41, 5.74) is -3.17. The number of alkyl halides is 3. The molecule has 2 fully saturated rings. The molecule has 138 valence electrons. The number of carbonyl (C=O) groups is 1. The predicted molar refractivity (Wildman–Crippen MR) is 86.2 cm³/mol. The van der Waals surface area contributed by atoms with Crippen molar-refractivity contribution in [3.05, 3.63) is 41.5 Å². The van der Waals surface area contributed by atoms with Gasteiger partial charge in [-0.25, -0.2) is 4.31 Å². The number of hydrogen-bond acceptors (Lipinski definition) is 5. The second-order valence-corrected chi connectivity index (χ2v) is 8.63. The van der Waals surface area contributed by atoms with Gasteiger partial charge in [-0.15, -0.1) is 10.8 Å². The smallest absolute Gasteiger partial charge is 0.361 e. The highest BCUT2D eigenvalue weighted by atomic mass is 32.3. The number of nitriles is 1. The summed E-state index contributed by atoms with van der Waals surface area (Å²) >= 11 is 0. The first-order valence-corrected chi connectivity index (χ1v) is 9.17. The van der Waals surface area contributed by atoms with Crippen LogP contribution in [0.1, 0.15) is 18.1 Å². The van der Waals surface area contributed by atoms with Gasteiger partial charge in [-0.1, -0.05) is 12.2 Å². The van der Waals surface area contributed by atoms with Crippen LogP contribution in [0.15, 0.2) is 30.4 Å². The van der Waals surface area contributed by atoms with Crippen molar-refractivity contribution in [1.29, 1.82) is 5.26 Å². The number of rotatable bonds is 1. The van der Waals surface area contributed by atoms with E-state index in [1.54, 1.807) is 19.1 Å². The summed E-state index contributed by atoms with van der Waals surface area (Å²) in [5, 5.41) is 7.94. The van der Waals surface area contributed by atoms with Crippen LogP contribution in [0.5, 0.6) is 0 Å². The number of ether oxygens (including phenoxy) is 1. The largest absolute Gasteiger partial charge is 0.417 e. The molecule has 26 heavy (non-hydrogen) atoms. The number of amides is 1. The Balaban J connectivity index is 1.83. The lowest BCUT2D eigenvalue weighted by molar-refractivity contribution is -0.137. The summed E-state index contributed by atoms with van der Waals surface area (Å²) in [6, 6.07) is 4.08. The molecule has 0 unspecified atom stereocenters. The highest BCUT2D eigenvalue weighted by Gasteiger charge is 2.68. The van der Waals surface area contributed by atoms with E-state index in [4.69, 9.17) is 10.00 Å². The van der Waals surface area contributed by atoms with Crippen molar-refractivity contribution in [1.82, 2.24) is 0 Å². The molecule has 1 aromatic carbocycles. The summed E-state index contributed by atoms with van der Waals surface area (Å²) in [4.78, 5) is 12.9. The molecule has 0 spiro atoms. The Bertz CT molecular complexity index is 894. The maximum atomic E-state index is 13.2. The Labute approximate surface area is 147 Å². The van der Waals surface area contributed by atoms with Crippen LogP contribution in [0.3, 0.4) is 0 Å². The number of anilines is 1. The van der Waals surface area contributed by atoms with Crippen LogP contribution in [0.25, 0.3) is 0 Å². The van der Waals surface area contributed by atoms with Crippen LogP contribution in [0.4, 0.5) is 18.9 Å². The summed E-state index contributed by atoms with van der Waals surface area (Å²) < 4.78 is 67.3. The molecule has 4 rings (SSSR count). The number of fused-ring (bicyclic) bond motifs is 5. The third kappa shape index (κ3) is 2.08. The Morgan fingerprint density at radius 3 is 2.65 bits per heavy atom. The molecule has 0 aromatic heterocycles. The quantitative estimate of drug-likeness (QED) is 0.723. The fourth-order valence-corrected chi connectivity index (χ4v) is 6.23. The van der Waals surface area contributed by atoms with Gasteiger partial charge in [-0.05, 0) is 25.1 Å². The molecule has 3 aliphatic heterocycles. The van der Waals surface area contributed by atoms with Crippen molar-refractivity contribution < 1.29 is 31.8 Å². The lowest BCUT2D eigenvalue weighted by atomic mass is 9.83. The molecule has 0 saturated carbocycles. The first-order valence-electron chi connectivity index (χ1n) is 7.60. The molecule has 2 saturated heterocycles. The zero-order valence-electron chi connectivity index (χ0n) is 13.3. The van der Waals surface area contributed by atoms with Crippen molar-refractivity contribution >= 4 is 22.4 Å². The number of carbonyl (C=O) groups excluding carboxylic acids is 1. The minimum atomic E-state index is -4.82. The Morgan fingerprint density at radius 1 is 1.38 bits per heavy atom. The standard InChI is InChI=1S/C16H13F3N2O4S/c1-15-5-4-11(25-15)13-12(15)14(22)21(26(13,23)24)9-3-2-8(7-20)10(6-9)16(17,18)19/h2-6,11-13,23-24H,1H3/t11-,12+,13-,15+/m0/s1. The van der Waals surface area contributed by atoms with Crippen molar-refractivity contribution in [3.63, 3.8) is 0 Å². The first-order chi connectivity index (χ1) is 12.0. The van der Waals surface area contributed by atoms with Gasteiger partial charge in [-0.2, -0.15) is 18.4 Å². The van der Waals surface area contributed by atoms with E-state index in [0.717, 1.165) is 12.1 Å². The van der Waals surface area contributed by atoms with Crippen LogP contribution in [-0.4, -0.2) is 32.0 Å². The van der Waals surface area contributed by atoms with Gasteiger partial charge >= 0.3 is 6.18 Å². The summed E-state index contributed by atoms with van der Waals surface area (Å²) in [7, 11) is -3.76. The van der Waals surface area contributed by atoms with E-state index < -0.39 is 56.9 Å². The first kappa shape index (κ1) is 17.4. The zero-order chi connectivity index (χ0) is 19.1. The lowest BCUT2D eigenvalue weighted by Crippen LogP contribution is -2.38. The van der Waals surface area contributed by atoms with E-state index in [9.17, 15) is 27.1 Å². The van der Waals surface area contributed by atoms with Gasteiger partial charge < -0.3 is 4.74 Å². The van der Waals surface area contributed by atoms with Crippen LogP contribution in [0, 0.1) is 17.2 Å². The molecular formula is C16H13F3N2O4S. The molecule has 2 N–H and O–H groups in total. The van der Waals surface area contributed by atoms with Crippen LogP contribution >= 0.6 is 10.8 Å². The van der Waals surface area contributed by atoms with E-state index in [1.165, 1.54) is 6.07 Å². The van der Waals surface area contributed by atoms with Gasteiger partial charge in [0.05, 0.1) is 40.5 Å². The fourth-order valence-electron chi connectivity index (χ4n) is 3.93. The maximum absolute atomic E-state index is 13.2. The van der Waals surface area contributed by atoms with Gasteiger partial charge in [0, 0.05) is 0 Å². The molecule has 0 radical (unpaired) electrons. The van der Waals surface area contributed by atoms with Crippen LogP contribution in [0.2, 0.25) is 0 Å². The summed E-state index contributed by atoms with van der Waals surface area (Å²) in [6.07, 6.45) is -2.22. The SMILES string of the molecule is C[C@]12C=C[C@H](O1)[C@H]1[C@@H]2C(=O)N(c2ccc(C#N)c(C(F)(F)F)c2)S1(O)O. The molecule has 10 heteroatoms. The second-order valence-electron chi connectivity index (χ2n) is 6.60. The van der Waals surface area contributed by atoms with Crippen molar-refractivity contribution in [2.45, 2.75) is 30.1 Å². The van der Waals surface area contributed by atoms with E-state index in [0.29, 0.717) is 10.4 Å². The Hall–Kier alpha value is -2.06. The topological polar surface area (TPSA) is 93.8 Å². The monoisotopic (exact) mass is 386 g/mol. The summed E-state index contributed by atoms with van der Waals surface area (Å²) in [6.45, 7) is 1.63. The summed E-state index contributed by atoms with van der Waals surface area (Å²) in [5.74, 6) is -1.60. The van der Waals surface area contributed by atoms with Gasteiger partial charge in [0.2, 0.25) is 0 Å². The second kappa shape index (κ2) is 5.01. The molecule has 3 heterocycles. The van der Waals surface area contributed by atoms with Gasteiger partial charge in [0.1, 0.15) is 5.25 Å². The normalized spacial score (nSPS) is 35.5. The third-order valence-corrected chi connectivity index (χ3v) is 7.24. The fraction of sp³-hybridized carbons (Fsp3) is 0.375. The highest BCUT2D eigenvalue weighted by molar-refractivity contribution is 8.27. The average molecular weight is 386 g/mol. The Morgan fingerprint density at radius 2 is 2.08 bits per heavy atom. The minimum Gasteiger partial charge on any atom is -0.361 e. The highest BCUT2D eigenvalue weighted by Crippen LogP contribution is 2.67. The average Bonchev–Trinajstić information content (AvgIpc) is 3.13. The van der Waals surface area contributed by atoms with Gasteiger partial charge in [0.25, 0.3) is 5.91 Å². The number of halogens is 3. The predicted octanol–water partition coefficient (Wildman–Crippen LogP) is 3.30. The lowest BCUT2D eigenvalue weighted by Gasteiger charge is -2.41. The number of benzene rings is 1. The van der Waals surface area contributed by atoms with Crippen LogP contribution < -0.4 is 4.31 Å². The molecule has 3 aliphatic rings. The molecule has 2 bridgehead atoms. The van der Waals surface area contributed by atoms with Crippen LogP contribution in [-0.2, 0) is 15.7 Å². The minimum absolute atomic E-state index is 0.307. The van der Waals surface area contributed by atoms with Crippen molar-refractivity contribution in [2.24, 2.45) is 5.92 Å². The molecule has 6 nitrogen and oxygen atoms in total. The number of nitrogens with zero attached hydrogens (tertiary/aromatic N) is 2. The van der Waals surface area contributed by atoms with Crippen molar-refractivity contribution in [2.75, 3.05) is 4.31 Å². The molecule has 4 atom stereocenters. The molecule has 1 aromatic rings. The van der Waals surface area contributed by atoms with E-state index >= 15 is 0 Å². The zero-order valence-corrected chi connectivity index (χ0v) is 14.1. The third-order valence-electron chi connectivity index (χ3n) is 5.04. The number of hydrogen-bond donors (Lipinski definition) is 2.